The number of carbonyl (C=O) groups excluding carboxylic acids is 2. The van der Waals surface area contributed by atoms with Crippen molar-refractivity contribution in [1.29, 1.82) is 0 Å². The Morgan fingerprint density at radius 2 is 1.90 bits per heavy atom. The molecule has 0 radical (unpaired) electrons. The zero-order chi connectivity index (χ0) is 15.9. The Kier molecular flexibility index (Phi) is 6.16. The minimum atomic E-state index is -3.77. The molecule has 0 spiro atoms. The van der Waals surface area contributed by atoms with Crippen molar-refractivity contribution in [2.75, 3.05) is 24.2 Å². The van der Waals surface area contributed by atoms with Gasteiger partial charge in [0.2, 0.25) is 10.0 Å². The lowest BCUT2D eigenvalue weighted by atomic mass is 10.2. The summed E-state index contributed by atoms with van der Waals surface area (Å²) in [7, 11) is -2.57. The monoisotopic (exact) mass is 315 g/mol. The van der Waals surface area contributed by atoms with Gasteiger partial charge in [0.05, 0.1) is 37.1 Å². The van der Waals surface area contributed by atoms with Crippen molar-refractivity contribution < 1.29 is 27.5 Å². The van der Waals surface area contributed by atoms with Gasteiger partial charge in [-0.05, 0) is 19.1 Å². The summed E-state index contributed by atoms with van der Waals surface area (Å²) in [6.45, 7) is 1.83. The highest BCUT2D eigenvalue weighted by Gasteiger charge is 2.18. The second-order valence-corrected chi connectivity index (χ2v) is 5.85. The number of hydrogen-bond acceptors (Lipinski definition) is 6. The van der Waals surface area contributed by atoms with Gasteiger partial charge >= 0.3 is 11.9 Å². The lowest BCUT2D eigenvalue weighted by molar-refractivity contribution is -0.142. The topological polar surface area (TPSA) is 98.8 Å². The maximum absolute atomic E-state index is 11.9. The number of esters is 2. The Morgan fingerprint density at radius 3 is 2.52 bits per heavy atom. The van der Waals surface area contributed by atoms with Crippen LogP contribution >= 0.6 is 0 Å². The largest absolute Gasteiger partial charge is 0.466 e. The molecule has 8 heteroatoms. The van der Waals surface area contributed by atoms with Crippen LogP contribution in [0.3, 0.4) is 0 Å². The molecule has 1 rings (SSSR count). The molecule has 0 aliphatic heterocycles. The van der Waals surface area contributed by atoms with Gasteiger partial charge in [-0.25, -0.2) is 13.2 Å². The zero-order valence-electron chi connectivity index (χ0n) is 11.8. The number of rotatable bonds is 7. The predicted molar refractivity (Wildman–Crippen MR) is 76.4 cm³/mol. The molecule has 0 fully saturated rings. The standard InChI is InChI=1S/C13H17NO6S/c1-3-20-12(15)8-9-21(17,18)14-11-7-5-4-6-10(11)13(16)19-2/h4-7,14H,3,8-9H2,1-2H3. The first-order chi connectivity index (χ1) is 9.89. The van der Waals surface area contributed by atoms with E-state index < -0.39 is 27.7 Å². The highest BCUT2D eigenvalue weighted by Crippen LogP contribution is 2.17. The molecule has 0 saturated carbocycles. The number of nitrogens with one attached hydrogen (secondary N) is 1. The fourth-order valence-corrected chi connectivity index (χ4v) is 2.58. The van der Waals surface area contributed by atoms with Gasteiger partial charge < -0.3 is 9.47 Å². The van der Waals surface area contributed by atoms with Gasteiger partial charge in [0.25, 0.3) is 0 Å². The van der Waals surface area contributed by atoms with Crippen molar-refractivity contribution >= 4 is 27.6 Å². The van der Waals surface area contributed by atoms with Crippen LogP contribution in [-0.4, -0.2) is 39.8 Å². The average Bonchev–Trinajstić information content (AvgIpc) is 2.45. The summed E-state index contributed by atoms with van der Waals surface area (Å²) in [4.78, 5) is 22.7. The molecule has 1 N–H and O–H groups in total. The van der Waals surface area contributed by atoms with Crippen LogP contribution in [-0.2, 0) is 24.3 Å². The van der Waals surface area contributed by atoms with Crippen molar-refractivity contribution in [2.24, 2.45) is 0 Å². The second kappa shape index (κ2) is 7.63. The van der Waals surface area contributed by atoms with Crippen LogP contribution in [0.5, 0.6) is 0 Å². The van der Waals surface area contributed by atoms with Crippen molar-refractivity contribution in [2.45, 2.75) is 13.3 Å². The predicted octanol–water partition coefficient (Wildman–Crippen LogP) is 1.17. The molecule has 7 nitrogen and oxygen atoms in total. The van der Waals surface area contributed by atoms with E-state index in [1.54, 1.807) is 19.1 Å². The number of para-hydroxylation sites is 1. The van der Waals surface area contributed by atoms with E-state index in [4.69, 9.17) is 0 Å². The molecule has 21 heavy (non-hydrogen) atoms. The molecule has 0 amide bonds. The molecule has 0 unspecified atom stereocenters. The van der Waals surface area contributed by atoms with E-state index in [9.17, 15) is 18.0 Å². The van der Waals surface area contributed by atoms with Crippen LogP contribution in [0.25, 0.3) is 0 Å². The molecule has 0 heterocycles. The van der Waals surface area contributed by atoms with Crippen molar-refractivity contribution in [3.8, 4) is 0 Å². The summed E-state index contributed by atoms with van der Waals surface area (Å²) in [5, 5.41) is 0. The Bertz CT molecular complexity index is 611. The average molecular weight is 315 g/mol. The summed E-state index contributed by atoms with van der Waals surface area (Å²) in [5.41, 5.74) is 0.202. The van der Waals surface area contributed by atoms with Gasteiger partial charge in [0.15, 0.2) is 0 Å². The van der Waals surface area contributed by atoms with Crippen LogP contribution in [0.1, 0.15) is 23.7 Å². The third kappa shape index (κ3) is 5.42. The van der Waals surface area contributed by atoms with Crippen LogP contribution in [0.15, 0.2) is 24.3 Å². The molecular weight excluding hydrogens is 298 g/mol. The van der Waals surface area contributed by atoms with E-state index in [1.165, 1.54) is 19.2 Å². The van der Waals surface area contributed by atoms with Crippen LogP contribution in [0.4, 0.5) is 5.69 Å². The molecule has 0 aliphatic carbocycles. The van der Waals surface area contributed by atoms with E-state index in [-0.39, 0.29) is 24.3 Å². The van der Waals surface area contributed by atoms with Crippen LogP contribution < -0.4 is 4.72 Å². The van der Waals surface area contributed by atoms with Crippen LogP contribution in [0, 0.1) is 0 Å². The Morgan fingerprint density at radius 1 is 1.24 bits per heavy atom. The van der Waals surface area contributed by atoms with E-state index in [1.807, 2.05) is 0 Å². The summed E-state index contributed by atoms with van der Waals surface area (Å²) in [6.07, 6.45) is -0.260. The summed E-state index contributed by atoms with van der Waals surface area (Å²) in [6, 6.07) is 6.04. The Balaban J connectivity index is 2.80. The summed E-state index contributed by atoms with van der Waals surface area (Å²) >= 11 is 0. The Hall–Kier alpha value is -2.09. The molecule has 116 valence electrons. The maximum atomic E-state index is 11.9. The number of carbonyl (C=O) groups is 2. The smallest absolute Gasteiger partial charge is 0.339 e. The third-order valence-electron chi connectivity index (χ3n) is 2.48. The first-order valence-electron chi connectivity index (χ1n) is 6.23. The fraction of sp³-hybridized carbons (Fsp3) is 0.385. The van der Waals surface area contributed by atoms with E-state index in [0.29, 0.717) is 0 Å². The number of hydrogen-bond donors (Lipinski definition) is 1. The van der Waals surface area contributed by atoms with Gasteiger partial charge in [0.1, 0.15) is 0 Å². The normalized spacial score (nSPS) is 10.8. The molecule has 1 aromatic carbocycles. The van der Waals surface area contributed by atoms with Gasteiger partial charge in [-0.2, -0.15) is 0 Å². The number of sulfonamides is 1. The number of anilines is 1. The van der Waals surface area contributed by atoms with Gasteiger partial charge in [-0.3, -0.25) is 9.52 Å². The molecular formula is C13H17NO6S. The summed E-state index contributed by atoms with van der Waals surface area (Å²) < 4.78 is 35.3. The van der Waals surface area contributed by atoms with Crippen LogP contribution in [0.2, 0.25) is 0 Å². The zero-order valence-corrected chi connectivity index (χ0v) is 12.6. The SMILES string of the molecule is CCOC(=O)CCS(=O)(=O)Nc1ccccc1C(=O)OC. The van der Waals surface area contributed by atoms with Crippen molar-refractivity contribution in [3.63, 3.8) is 0 Å². The lowest BCUT2D eigenvalue weighted by Gasteiger charge is -2.11. The highest BCUT2D eigenvalue weighted by molar-refractivity contribution is 7.92. The first-order valence-corrected chi connectivity index (χ1v) is 7.88. The molecule has 0 aromatic heterocycles. The van der Waals surface area contributed by atoms with E-state index in [2.05, 4.69) is 14.2 Å². The number of methoxy groups -OCH3 is 1. The van der Waals surface area contributed by atoms with E-state index >= 15 is 0 Å². The van der Waals surface area contributed by atoms with E-state index in [0.717, 1.165) is 0 Å². The van der Waals surface area contributed by atoms with Crippen molar-refractivity contribution in [3.05, 3.63) is 29.8 Å². The molecule has 0 atom stereocenters. The summed E-state index contributed by atoms with van der Waals surface area (Å²) in [5.74, 6) is -1.68. The van der Waals surface area contributed by atoms with Gasteiger partial charge in [-0.15, -0.1) is 0 Å². The minimum Gasteiger partial charge on any atom is -0.466 e. The van der Waals surface area contributed by atoms with Crippen molar-refractivity contribution in [1.82, 2.24) is 0 Å². The Labute approximate surface area is 123 Å². The lowest BCUT2D eigenvalue weighted by Crippen LogP contribution is -2.21. The quantitative estimate of drug-likeness (QED) is 0.758. The fourth-order valence-electron chi connectivity index (χ4n) is 1.53. The first kappa shape index (κ1) is 17.0. The number of ether oxygens (including phenoxy) is 2. The minimum absolute atomic E-state index is 0.0970. The molecule has 0 bridgehead atoms. The maximum Gasteiger partial charge on any atom is 0.339 e. The molecule has 0 saturated heterocycles. The van der Waals surface area contributed by atoms with Gasteiger partial charge in [0, 0.05) is 0 Å². The highest BCUT2D eigenvalue weighted by atomic mass is 32.2. The number of benzene rings is 1. The second-order valence-electron chi connectivity index (χ2n) is 4.01. The molecule has 1 aromatic rings. The molecule has 0 aliphatic rings. The third-order valence-corrected chi connectivity index (χ3v) is 3.75. The van der Waals surface area contributed by atoms with Gasteiger partial charge in [-0.1, -0.05) is 12.1 Å².